The summed E-state index contributed by atoms with van der Waals surface area (Å²) in [5.74, 6) is 1.81. The van der Waals surface area contributed by atoms with E-state index in [9.17, 15) is 4.79 Å². The largest absolute Gasteiger partial charge is 0.497 e. The molecule has 1 fully saturated rings. The summed E-state index contributed by atoms with van der Waals surface area (Å²) in [6.45, 7) is 0.710. The molecule has 5 nitrogen and oxygen atoms in total. The average molecular weight is 308 g/mol. The van der Waals surface area contributed by atoms with Crippen molar-refractivity contribution in [3.63, 3.8) is 0 Å². The number of likely N-dealkylation sites (tertiary alicyclic amines) is 1. The molecule has 1 unspecified atom stereocenters. The normalized spacial score (nSPS) is 26.0. The van der Waals surface area contributed by atoms with Crippen molar-refractivity contribution in [3.8, 4) is 5.75 Å². The molecule has 2 aliphatic heterocycles. The van der Waals surface area contributed by atoms with Gasteiger partial charge < -0.3 is 14.8 Å². The van der Waals surface area contributed by atoms with Crippen LogP contribution in [0.1, 0.15) is 12.0 Å². The number of hydrogen-bond acceptors (Lipinski definition) is 5. The van der Waals surface area contributed by atoms with E-state index >= 15 is 0 Å². The summed E-state index contributed by atoms with van der Waals surface area (Å²) < 4.78 is 10.3. The molecular weight excluding hydrogens is 288 g/mol. The van der Waals surface area contributed by atoms with Crippen LogP contribution in [-0.2, 0) is 10.2 Å². The summed E-state index contributed by atoms with van der Waals surface area (Å²) in [6.07, 6.45) is 2.72. The highest BCUT2D eigenvalue weighted by molar-refractivity contribution is 7.98. The highest BCUT2D eigenvalue weighted by Gasteiger charge is 2.55. The molecule has 1 saturated heterocycles. The van der Waals surface area contributed by atoms with Crippen molar-refractivity contribution in [2.45, 2.75) is 18.0 Å². The first-order chi connectivity index (χ1) is 10.2. The molecule has 0 aliphatic carbocycles. The highest BCUT2D eigenvalue weighted by atomic mass is 32.2. The van der Waals surface area contributed by atoms with Crippen LogP contribution in [0.15, 0.2) is 18.2 Å². The number of nitrogens with one attached hydrogen (secondary N) is 1. The first-order valence-electron chi connectivity index (χ1n) is 6.95. The number of thioether (sulfide) groups is 1. The van der Waals surface area contributed by atoms with Crippen LogP contribution in [0.3, 0.4) is 0 Å². The van der Waals surface area contributed by atoms with Crippen molar-refractivity contribution in [3.05, 3.63) is 23.8 Å². The maximum Gasteiger partial charge on any atom is 0.411 e. The quantitative estimate of drug-likeness (QED) is 0.930. The number of nitrogens with zero attached hydrogens (tertiary/aromatic N) is 1. The fraction of sp³-hybridized carbons (Fsp3) is 0.533. The number of carbonyl (C=O) groups excluding carboxylic acids is 1. The monoisotopic (exact) mass is 308 g/mol. The lowest BCUT2D eigenvalue weighted by Crippen LogP contribution is -2.47. The molecule has 0 radical (unpaired) electrons. The summed E-state index contributed by atoms with van der Waals surface area (Å²) in [6, 6.07) is 6.07. The van der Waals surface area contributed by atoms with Gasteiger partial charge in [-0.15, -0.1) is 0 Å². The van der Waals surface area contributed by atoms with E-state index < -0.39 is 0 Å². The second-order valence-electron chi connectivity index (χ2n) is 5.46. The number of anilines is 1. The minimum Gasteiger partial charge on any atom is -0.497 e. The van der Waals surface area contributed by atoms with E-state index in [-0.39, 0.29) is 17.7 Å². The van der Waals surface area contributed by atoms with Crippen molar-refractivity contribution < 1.29 is 14.3 Å². The van der Waals surface area contributed by atoms with Crippen LogP contribution in [0.5, 0.6) is 5.75 Å². The van der Waals surface area contributed by atoms with Crippen molar-refractivity contribution in [1.82, 2.24) is 4.90 Å². The Hall–Kier alpha value is -1.56. The minimum atomic E-state index is -0.268. The third kappa shape index (κ3) is 2.04. The molecule has 1 aromatic rings. The average Bonchev–Trinajstić information content (AvgIpc) is 3.00. The van der Waals surface area contributed by atoms with Crippen LogP contribution < -0.4 is 10.1 Å². The molecule has 2 atom stereocenters. The lowest BCUT2D eigenvalue weighted by Gasteiger charge is -2.31. The predicted octanol–water partition coefficient (Wildman–Crippen LogP) is 2.52. The zero-order valence-electron chi connectivity index (χ0n) is 12.5. The van der Waals surface area contributed by atoms with E-state index in [2.05, 4.69) is 17.6 Å². The van der Waals surface area contributed by atoms with Crippen LogP contribution in [0, 0.1) is 0 Å². The Labute approximate surface area is 129 Å². The number of ether oxygens (including phenoxy) is 2. The smallest absolute Gasteiger partial charge is 0.411 e. The van der Waals surface area contributed by atoms with Gasteiger partial charge in [0.1, 0.15) is 11.9 Å². The Morgan fingerprint density at radius 3 is 3.00 bits per heavy atom. The molecule has 2 heterocycles. The third-order valence-electron chi connectivity index (χ3n) is 4.50. The van der Waals surface area contributed by atoms with Crippen LogP contribution in [0.4, 0.5) is 10.5 Å². The van der Waals surface area contributed by atoms with Gasteiger partial charge in [-0.25, -0.2) is 4.79 Å². The topological polar surface area (TPSA) is 50.8 Å². The molecule has 0 spiro atoms. The van der Waals surface area contributed by atoms with Crippen LogP contribution in [0.25, 0.3) is 0 Å². The maximum atomic E-state index is 12.0. The van der Waals surface area contributed by atoms with Crippen LogP contribution in [-0.4, -0.2) is 49.9 Å². The van der Waals surface area contributed by atoms with E-state index in [1.54, 1.807) is 23.8 Å². The number of hydrogen-bond donors (Lipinski definition) is 1. The number of amides is 1. The van der Waals surface area contributed by atoms with Crippen molar-refractivity contribution in [2.75, 3.05) is 38.1 Å². The Bertz CT molecular complexity index is 566. The SMILES string of the molecule is COC(=O)N1CC[C@@]2(CSC)c3cc(OC)ccc3NC12. The second-order valence-corrected chi connectivity index (χ2v) is 6.33. The fourth-order valence-corrected chi connectivity index (χ4v) is 4.49. The number of fused-ring (bicyclic) bond motifs is 3. The predicted molar refractivity (Wildman–Crippen MR) is 84.2 cm³/mol. The van der Waals surface area contributed by atoms with Gasteiger partial charge in [-0.1, -0.05) is 0 Å². The standard InChI is InChI=1S/C15H20N2O3S/c1-19-10-4-5-12-11(8-10)15(9-21-3)6-7-17(13(15)16-12)14(18)20-2/h4-5,8,13,16H,6-7,9H2,1-3H3/t13?,15-/m1/s1. The number of carbonyl (C=O) groups is 1. The van der Waals surface area contributed by atoms with Gasteiger partial charge in [-0.05, 0) is 36.4 Å². The van der Waals surface area contributed by atoms with Crippen LogP contribution in [0.2, 0.25) is 0 Å². The van der Waals surface area contributed by atoms with Crippen molar-refractivity contribution >= 4 is 23.5 Å². The molecule has 114 valence electrons. The Kier molecular flexibility index (Phi) is 3.65. The Balaban J connectivity index is 2.04. The first-order valence-corrected chi connectivity index (χ1v) is 8.34. The van der Waals surface area contributed by atoms with E-state index in [1.165, 1.54) is 12.7 Å². The number of rotatable bonds is 3. The zero-order valence-corrected chi connectivity index (χ0v) is 13.3. The molecule has 21 heavy (non-hydrogen) atoms. The summed E-state index contributed by atoms with van der Waals surface area (Å²) in [5, 5.41) is 3.49. The molecule has 3 rings (SSSR count). The third-order valence-corrected chi connectivity index (χ3v) is 5.30. The molecule has 0 bridgehead atoms. The zero-order chi connectivity index (χ0) is 15.0. The van der Waals surface area contributed by atoms with Gasteiger partial charge in [-0.2, -0.15) is 11.8 Å². The summed E-state index contributed by atoms with van der Waals surface area (Å²) in [7, 11) is 3.11. The molecular formula is C15H20N2O3S. The van der Waals surface area contributed by atoms with Gasteiger partial charge in [-0.3, -0.25) is 4.90 Å². The number of methoxy groups -OCH3 is 2. The van der Waals surface area contributed by atoms with E-state index in [1.807, 2.05) is 12.1 Å². The minimum absolute atomic E-state index is 0.0421. The first kappa shape index (κ1) is 14.4. The Morgan fingerprint density at radius 2 is 2.33 bits per heavy atom. The van der Waals surface area contributed by atoms with Crippen molar-refractivity contribution in [2.24, 2.45) is 0 Å². The fourth-order valence-electron chi connectivity index (χ4n) is 3.52. The molecule has 0 saturated carbocycles. The number of benzene rings is 1. The van der Waals surface area contributed by atoms with Gasteiger partial charge in [0.05, 0.1) is 14.2 Å². The van der Waals surface area contributed by atoms with Gasteiger partial charge in [0.15, 0.2) is 0 Å². The second kappa shape index (κ2) is 5.33. The highest BCUT2D eigenvalue weighted by Crippen LogP contribution is 2.51. The lowest BCUT2D eigenvalue weighted by atomic mass is 9.81. The maximum absolute atomic E-state index is 12.0. The van der Waals surface area contributed by atoms with Gasteiger partial charge in [0, 0.05) is 23.4 Å². The Morgan fingerprint density at radius 1 is 1.52 bits per heavy atom. The lowest BCUT2D eigenvalue weighted by molar-refractivity contribution is 0.119. The van der Waals surface area contributed by atoms with E-state index in [0.29, 0.717) is 6.54 Å². The van der Waals surface area contributed by atoms with E-state index in [0.717, 1.165) is 23.6 Å². The van der Waals surface area contributed by atoms with Crippen molar-refractivity contribution in [1.29, 1.82) is 0 Å². The summed E-state index contributed by atoms with van der Waals surface area (Å²) in [4.78, 5) is 13.8. The van der Waals surface area contributed by atoms with E-state index in [4.69, 9.17) is 9.47 Å². The molecule has 1 aromatic carbocycles. The molecule has 0 aromatic heterocycles. The van der Waals surface area contributed by atoms with Gasteiger partial charge in [0.25, 0.3) is 0 Å². The van der Waals surface area contributed by atoms with Gasteiger partial charge in [0.2, 0.25) is 0 Å². The molecule has 6 heteroatoms. The molecule has 2 aliphatic rings. The van der Waals surface area contributed by atoms with Crippen LogP contribution >= 0.6 is 11.8 Å². The summed E-state index contributed by atoms with van der Waals surface area (Å²) in [5.41, 5.74) is 2.26. The molecule has 1 N–H and O–H groups in total. The molecule has 1 amide bonds. The van der Waals surface area contributed by atoms with Gasteiger partial charge >= 0.3 is 6.09 Å². The summed E-state index contributed by atoms with van der Waals surface area (Å²) >= 11 is 1.80.